The van der Waals surface area contributed by atoms with Crippen molar-refractivity contribution in [3.05, 3.63) is 128 Å². The van der Waals surface area contributed by atoms with Crippen molar-refractivity contribution in [1.82, 2.24) is 94.4 Å². The summed E-state index contributed by atoms with van der Waals surface area (Å²) in [6, 6.07) is 32.0. The van der Waals surface area contributed by atoms with Crippen LogP contribution in [0.2, 0.25) is 0 Å². The molecule has 20 nitrogen and oxygen atoms in total. The molecule has 18 rings (SSSR count). The third-order valence-electron chi connectivity index (χ3n) is 28.8. The minimum atomic E-state index is 0. The molecule has 8 bridgehead atoms. The summed E-state index contributed by atoms with van der Waals surface area (Å²) in [4.78, 5) is 20.3. The minimum absolute atomic E-state index is 0. The molecule has 14 aliphatic rings. The molecule has 4 aliphatic heterocycles. The molecule has 4 aromatic rings. The van der Waals surface area contributed by atoms with Gasteiger partial charge in [0.1, 0.15) is 0 Å². The second-order valence-electron chi connectivity index (χ2n) is 37.0. The fourth-order valence-electron chi connectivity index (χ4n) is 22.5. The third-order valence-corrected chi connectivity index (χ3v) is 28.8. The molecule has 0 aromatic carbocycles. The van der Waals surface area contributed by atoms with E-state index in [1.807, 2.05) is 0 Å². The summed E-state index contributed by atoms with van der Waals surface area (Å²) in [5, 5.41) is 64.8. The number of nitrogens with zero attached hydrogens (tertiary/aromatic N) is 6. The monoisotopic (exact) mass is 2100 g/mol. The zero-order valence-corrected chi connectivity index (χ0v) is 87.7. The van der Waals surface area contributed by atoms with E-state index in [4.69, 9.17) is 111 Å². The van der Waals surface area contributed by atoms with Crippen LogP contribution in [-0.2, 0) is 91.6 Å². The molecule has 34 heteroatoms. The van der Waals surface area contributed by atoms with E-state index < -0.39 is 0 Å². The van der Waals surface area contributed by atoms with E-state index in [0.29, 0.717) is 109 Å². The van der Waals surface area contributed by atoms with Crippen LogP contribution in [0.1, 0.15) is 326 Å². The topological polar surface area (TPSA) is 248 Å². The number of fused-ring (bicyclic) bond motifs is 14. The molecule has 126 heavy (non-hydrogen) atoms. The first-order valence-electron chi connectivity index (χ1n) is 48.1. The van der Waals surface area contributed by atoms with Crippen LogP contribution in [0.4, 0.5) is 0 Å². The standard InChI is InChI=1S/C27H41N5.C23H39N5.2C21H35N5.8ClH.4Mn.2H2S/c1-3-11-22-20(9-1)28-15-16-29-21-10-2-4-12-23(21)31-25-14-6-8-19-17-18-7-5-13-24(30-22)26(18)32-27(19)25;1-16-18-12-7-13-19(28-18)17(2)27-23-11-6-4-9-21(23)25-15-14-24-20-8-3-5-10-22(20)26-16;2*1-3-10-20-18(8-1)22-12-13-23-19-9-2-4-11-21(19)25-15-17-7-5-6-16(26-17)14-24-20;;;;;;;;;;;;;;/h17,20-25,28-29H,1-16H2;7,12-13,16-17,20-27H,3-6,8-11,14-15H2,1-2H3;2*5-7,18-25H,1-4,8-15H2;8*1H;;;;;2*1H2/q-2;;;;;;;;;;;;4*+2;;/p-8/t20?,21?,22?,23?,24-,25-;16-,17-,20+,21+,22+,23+;2*18-,19-,20-,21-;;;;;;;;;;;;;;/m0010............../s1. The van der Waals surface area contributed by atoms with Crippen molar-refractivity contribution < 1.29 is 52.5 Å². The summed E-state index contributed by atoms with van der Waals surface area (Å²) < 4.78 is 0. The summed E-state index contributed by atoms with van der Waals surface area (Å²) in [6.45, 7) is 16.5. The van der Waals surface area contributed by atoms with E-state index in [1.54, 1.807) is 0 Å². The smallest absolute Gasteiger partial charge is 0.0545 e. The molecule has 720 valence electrons. The van der Waals surface area contributed by atoms with Crippen LogP contribution in [0, 0.1) is 0 Å². The van der Waals surface area contributed by atoms with E-state index >= 15 is 0 Å². The zero-order valence-electron chi connectivity index (χ0n) is 74.9. The molecular formula is C92H154Cl8Mn4N20S2-2. The predicted molar refractivity (Wildman–Crippen MR) is 525 cm³/mol. The Bertz CT molecular complexity index is 3260. The van der Waals surface area contributed by atoms with E-state index in [0.717, 1.165) is 78.5 Å². The zero-order chi connectivity index (χ0) is 86.7. The van der Waals surface area contributed by atoms with E-state index in [9.17, 15) is 0 Å². The SMILES string of the molecule is C[C@@H]1N[C@@H]2CCCC[C@H]2NCCN[C@@H]2CCCC[C@H]2N[C@@H](C)c2cccc1n2.S.S.[Cl][Mn][Cl].[Cl][Mn][Cl].[Cl][Mn][Cl].[Cl][Mn][Cl].c1c2c3nc4c1CCC[C@@H]4[N-]C1CCCCC1NCCNC1CCCCC1[N-][C@H]3CCC2.c1cc2nc(c1)CN[C@@H]1CCCC[C@H]1NCCN[C@@H]1CCCC[C@H]1NC2.c1cc2nc(c1)CN[C@H]1CCCC[C@@H]1NCCN[C@H]1CCCC[C@@H]1NC2. The Kier molecular flexibility index (Phi) is 56.5. The van der Waals surface area contributed by atoms with Gasteiger partial charge < -0.3 is 85.1 Å². The van der Waals surface area contributed by atoms with Crippen molar-refractivity contribution in [1.29, 1.82) is 0 Å². The number of hydrogen-bond acceptors (Lipinski definition) is 18. The molecule has 0 saturated heterocycles. The van der Waals surface area contributed by atoms with Crippen LogP contribution in [0.15, 0.2) is 60.7 Å². The Labute approximate surface area is 831 Å². The second-order valence-corrected chi connectivity index (χ2v) is 44.8. The molecule has 4 unspecified atom stereocenters. The van der Waals surface area contributed by atoms with E-state index in [-0.39, 0.29) is 91.6 Å². The van der Waals surface area contributed by atoms with Gasteiger partial charge in [0.05, 0.1) is 34.2 Å². The van der Waals surface area contributed by atoms with Gasteiger partial charge in [0.25, 0.3) is 0 Å². The van der Waals surface area contributed by atoms with E-state index in [1.165, 1.54) is 301 Å². The Hall–Kier alpha value is 1.06. The molecule has 4 aromatic heterocycles. The normalized spacial score (nSPS) is 32.7. The first-order chi connectivity index (χ1) is 61.0. The van der Waals surface area contributed by atoms with Gasteiger partial charge in [-0.1, -0.05) is 178 Å². The Morgan fingerprint density at radius 3 is 0.786 bits per heavy atom. The van der Waals surface area contributed by atoms with E-state index in [2.05, 4.69) is 149 Å². The molecule has 8 heterocycles. The second kappa shape index (κ2) is 64.3. The van der Waals surface area contributed by atoms with Crippen molar-refractivity contribution in [3.63, 3.8) is 0 Å². The van der Waals surface area contributed by atoms with Crippen LogP contribution in [0.3, 0.4) is 0 Å². The average molecular weight is 2110 g/mol. The fourth-order valence-corrected chi connectivity index (χ4v) is 22.5. The van der Waals surface area contributed by atoms with Crippen LogP contribution in [-0.4, -0.2) is 169 Å². The van der Waals surface area contributed by atoms with Gasteiger partial charge in [-0.15, -0.1) is 12.1 Å². The molecule has 14 N–H and O–H groups in total. The van der Waals surface area contributed by atoms with Gasteiger partial charge in [-0.2, -0.15) is 27.0 Å². The van der Waals surface area contributed by atoms with Crippen LogP contribution < -0.4 is 74.4 Å². The number of hydrogen-bond donors (Lipinski definition) is 14. The van der Waals surface area contributed by atoms with Crippen molar-refractivity contribution in [2.24, 2.45) is 0 Å². The Morgan fingerprint density at radius 1 is 0.270 bits per heavy atom. The summed E-state index contributed by atoms with van der Waals surface area (Å²) in [5.74, 6) is 0. The van der Waals surface area contributed by atoms with Crippen LogP contribution in [0.5, 0.6) is 0 Å². The molecule has 0 spiro atoms. The van der Waals surface area contributed by atoms with Crippen LogP contribution >= 0.6 is 108 Å². The molecule has 8 fully saturated rings. The number of rotatable bonds is 0. The molecule has 0 amide bonds. The molecular weight excluding hydrogens is 1950 g/mol. The minimum Gasteiger partial charge on any atom is -0.650 e. The molecule has 20 atom stereocenters. The van der Waals surface area contributed by atoms with Crippen molar-refractivity contribution in [2.45, 2.75) is 405 Å². The van der Waals surface area contributed by atoms with Crippen molar-refractivity contribution >= 4 is 108 Å². The van der Waals surface area contributed by atoms with Gasteiger partial charge in [0, 0.05) is 175 Å². The number of aryl methyl sites for hydroxylation is 2. The fraction of sp³-hybridized carbons (Fsp3) is 0.783. The van der Waals surface area contributed by atoms with Gasteiger partial charge in [-0.25, -0.2) is 0 Å². The van der Waals surface area contributed by atoms with Gasteiger partial charge >= 0.3 is 133 Å². The summed E-state index contributed by atoms with van der Waals surface area (Å²) in [5.41, 5.74) is 12.6. The maximum atomic E-state index is 5.51. The molecule has 10 aliphatic carbocycles. The maximum Gasteiger partial charge on any atom is 0.0545 e. The number of halogens is 8. The van der Waals surface area contributed by atoms with Crippen molar-refractivity contribution in [2.75, 3.05) is 52.4 Å². The van der Waals surface area contributed by atoms with Gasteiger partial charge in [0.2, 0.25) is 0 Å². The largest absolute Gasteiger partial charge is 0.650 e. The summed E-state index contributed by atoms with van der Waals surface area (Å²) in [7, 11) is 38.4. The first-order valence-corrected chi connectivity index (χ1v) is 61.1. The van der Waals surface area contributed by atoms with Crippen molar-refractivity contribution in [3.8, 4) is 0 Å². The summed E-state index contributed by atoms with van der Waals surface area (Å²) >= 11 is 0.0278. The van der Waals surface area contributed by atoms with Gasteiger partial charge in [-0.3, -0.25) is 19.9 Å². The quantitative estimate of drug-likeness (QED) is 0.0731. The summed E-state index contributed by atoms with van der Waals surface area (Å²) in [6.07, 6.45) is 49.1. The van der Waals surface area contributed by atoms with Gasteiger partial charge in [0.15, 0.2) is 0 Å². The predicted octanol–water partition coefficient (Wildman–Crippen LogP) is 18.5. The number of aromatic nitrogens is 4. The van der Waals surface area contributed by atoms with Crippen LogP contribution in [0.25, 0.3) is 10.6 Å². The maximum absolute atomic E-state index is 5.51. The molecule has 0 radical (unpaired) electrons. The Morgan fingerprint density at radius 2 is 0.500 bits per heavy atom. The third kappa shape index (κ3) is 37.3. The molecule has 8 saturated carbocycles. The Balaban J connectivity index is 0.000000182. The number of nitrogens with one attached hydrogen (secondary N) is 14. The first kappa shape index (κ1) is 111. The van der Waals surface area contributed by atoms with Gasteiger partial charge in [-0.05, 0) is 176 Å². The average Bonchev–Trinajstić information content (AvgIpc) is 0.861. The number of pyridine rings is 4.